The first-order chi connectivity index (χ1) is 11.3. The summed E-state index contributed by atoms with van der Waals surface area (Å²) in [7, 11) is 0. The molecule has 0 bridgehead atoms. The van der Waals surface area contributed by atoms with E-state index in [0.717, 1.165) is 11.8 Å². The minimum atomic E-state index is -1.61. The average molecular weight is 325 g/mol. The van der Waals surface area contributed by atoms with Crippen LogP contribution >= 0.6 is 0 Å². The molecule has 1 aromatic carbocycles. The summed E-state index contributed by atoms with van der Waals surface area (Å²) in [4.78, 5) is 51.1. The highest BCUT2D eigenvalue weighted by atomic mass is 16.2. The molecule has 0 radical (unpaired) electrons. The van der Waals surface area contributed by atoms with E-state index in [2.05, 4.69) is 6.58 Å². The van der Waals surface area contributed by atoms with Crippen LogP contribution in [-0.4, -0.2) is 34.6 Å². The van der Waals surface area contributed by atoms with Gasteiger partial charge in [-0.05, 0) is 26.0 Å². The van der Waals surface area contributed by atoms with Crippen molar-refractivity contribution in [3.63, 3.8) is 0 Å². The minimum absolute atomic E-state index is 0.0370. The number of barbiturate groups is 1. The number of nitrogens with zero attached hydrogens (tertiary/aromatic N) is 3. The van der Waals surface area contributed by atoms with Crippen LogP contribution in [0.1, 0.15) is 19.4 Å². The summed E-state index contributed by atoms with van der Waals surface area (Å²) in [6.07, 6.45) is 1.36. The molecule has 2 atom stereocenters. The number of carbonyl (C=O) groups excluding carboxylic acids is 4. The number of urea groups is 1. The second-order valence-corrected chi connectivity index (χ2v) is 5.31. The molecule has 1 aliphatic heterocycles. The molecule has 0 N–H and O–H groups in total. The van der Waals surface area contributed by atoms with Crippen LogP contribution in [0, 0.1) is 17.2 Å². The molecule has 122 valence electrons. The zero-order valence-electron chi connectivity index (χ0n) is 13.2. The molecule has 1 heterocycles. The molecule has 0 aromatic heterocycles. The van der Waals surface area contributed by atoms with Crippen molar-refractivity contribution < 1.29 is 19.2 Å². The van der Waals surface area contributed by atoms with Crippen molar-refractivity contribution in [1.82, 2.24) is 4.90 Å². The van der Waals surface area contributed by atoms with Crippen LogP contribution in [-0.2, 0) is 14.4 Å². The van der Waals surface area contributed by atoms with Crippen LogP contribution in [0.15, 0.2) is 36.9 Å². The first kappa shape index (κ1) is 17.1. The molecule has 1 fully saturated rings. The van der Waals surface area contributed by atoms with E-state index >= 15 is 0 Å². The van der Waals surface area contributed by atoms with E-state index in [1.165, 1.54) is 18.2 Å². The molecule has 0 aliphatic carbocycles. The monoisotopic (exact) mass is 325 g/mol. The summed E-state index contributed by atoms with van der Waals surface area (Å²) < 4.78 is 0. The van der Waals surface area contributed by atoms with Crippen molar-refractivity contribution in [3.05, 3.63) is 42.5 Å². The van der Waals surface area contributed by atoms with E-state index in [1.54, 1.807) is 19.1 Å². The molecular formula is C17H15N3O4. The van der Waals surface area contributed by atoms with Crippen molar-refractivity contribution >= 4 is 29.3 Å². The molecule has 7 nitrogen and oxygen atoms in total. The van der Waals surface area contributed by atoms with Crippen molar-refractivity contribution in [2.24, 2.45) is 5.92 Å². The Bertz CT molecular complexity index is 793. The number of carbonyl (C=O) groups is 4. The molecule has 0 spiro atoms. The number of amides is 4. The van der Waals surface area contributed by atoms with E-state index in [0.29, 0.717) is 4.90 Å². The van der Waals surface area contributed by atoms with E-state index in [4.69, 9.17) is 0 Å². The molecule has 4 amide bonds. The number of nitriles is 1. The number of Topliss-reactive ketones (excluding diaryl/α,β-unsaturated/α-hetero) is 1. The Kier molecular flexibility index (Phi) is 4.60. The smallest absolute Gasteiger partial charge is 0.299 e. The molecule has 7 heteroatoms. The number of hydrogen-bond donors (Lipinski definition) is 0. The molecule has 2 unspecified atom stereocenters. The third kappa shape index (κ3) is 2.58. The zero-order chi connectivity index (χ0) is 18.0. The van der Waals surface area contributed by atoms with Crippen molar-refractivity contribution in [2.45, 2.75) is 19.9 Å². The number of benzene rings is 1. The van der Waals surface area contributed by atoms with Crippen LogP contribution in [0.2, 0.25) is 0 Å². The molecule has 1 aliphatic rings. The van der Waals surface area contributed by atoms with E-state index in [-0.39, 0.29) is 11.3 Å². The third-order valence-electron chi connectivity index (χ3n) is 3.77. The first-order valence-electron chi connectivity index (χ1n) is 7.18. The highest BCUT2D eigenvalue weighted by Crippen LogP contribution is 2.29. The predicted molar refractivity (Wildman–Crippen MR) is 84.7 cm³/mol. The number of anilines is 1. The largest absolute Gasteiger partial charge is 0.338 e. The summed E-state index contributed by atoms with van der Waals surface area (Å²) in [5.41, 5.74) is 0.122. The van der Waals surface area contributed by atoms with Gasteiger partial charge < -0.3 is 0 Å². The Balaban J connectivity index is 2.65. The van der Waals surface area contributed by atoms with Gasteiger partial charge in [0, 0.05) is 0 Å². The number of imide groups is 2. The Hall–Kier alpha value is -3.27. The average Bonchev–Trinajstić information content (AvgIpc) is 2.54. The molecule has 1 aromatic rings. The summed E-state index contributed by atoms with van der Waals surface area (Å²) in [6, 6.07) is 6.27. The fraction of sp³-hybridized carbons (Fsp3) is 0.235. The Morgan fingerprint density at radius 2 is 1.92 bits per heavy atom. The summed E-state index contributed by atoms with van der Waals surface area (Å²) in [6.45, 7) is 6.20. The Labute approximate surface area is 138 Å². The van der Waals surface area contributed by atoms with E-state index in [9.17, 15) is 24.4 Å². The number of para-hydroxylation sites is 1. The number of ketones is 1. The van der Waals surface area contributed by atoms with Gasteiger partial charge in [0.15, 0.2) is 11.7 Å². The first-order valence-corrected chi connectivity index (χ1v) is 7.18. The van der Waals surface area contributed by atoms with Gasteiger partial charge in [-0.15, -0.1) is 6.58 Å². The molecule has 24 heavy (non-hydrogen) atoms. The predicted octanol–water partition coefficient (Wildman–Crippen LogP) is 1.63. The highest BCUT2D eigenvalue weighted by molar-refractivity contribution is 6.34. The Morgan fingerprint density at radius 1 is 1.29 bits per heavy atom. The molecule has 2 rings (SSSR count). The van der Waals surface area contributed by atoms with Crippen LogP contribution in [0.25, 0.3) is 0 Å². The van der Waals surface area contributed by atoms with Gasteiger partial charge >= 0.3 is 6.03 Å². The van der Waals surface area contributed by atoms with Crippen LogP contribution < -0.4 is 4.90 Å². The zero-order valence-corrected chi connectivity index (χ0v) is 13.2. The van der Waals surface area contributed by atoms with Crippen LogP contribution in [0.4, 0.5) is 10.5 Å². The summed E-state index contributed by atoms with van der Waals surface area (Å²) >= 11 is 0. The lowest BCUT2D eigenvalue weighted by Crippen LogP contribution is -2.63. The third-order valence-corrected chi connectivity index (χ3v) is 3.77. The maximum atomic E-state index is 12.7. The van der Waals surface area contributed by atoms with Crippen molar-refractivity contribution in [3.8, 4) is 6.07 Å². The van der Waals surface area contributed by atoms with E-state index < -0.39 is 35.6 Å². The molecular weight excluding hydrogens is 310 g/mol. The Morgan fingerprint density at radius 3 is 2.46 bits per heavy atom. The van der Waals surface area contributed by atoms with Crippen LogP contribution in [0.5, 0.6) is 0 Å². The van der Waals surface area contributed by atoms with Gasteiger partial charge in [-0.2, -0.15) is 5.26 Å². The maximum absolute atomic E-state index is 12.7. The minimum Gasteiger partial charge on any atom is -0.299 e. The molecule has 1 saturated heterocycles. The van der Waals surface area contributed by atoms with Gasteiger partial charge in [0.05, 0.1) is 17.3 Å². The van der Waals surface area contributed by atoms with Gasteiger partial charge in [-0.3, -0.25) is 19.3 Å². The number of hydrogen-bond acceptors (Lipinski definition) is 5. The normalized spacial score (nSPS) is 19.0. The summed E-state index contributed by atoms with van der Waals surface area (Å²) in [5, 5.41) is 9.21. The molecule has 0 saturated carbocycles. The maximum Gasteiger partial charge on any atom is 0.338 e. The van der Waals surface area contributed by atoms with Crippen LogP contribution in [0.3, 0.4) is 0 Å². The van der Waals surface area contributed by atoms with Crippen molar-refractivity contribution in [2.75, 3.05) is 4.90 Å². The number of rotatable bonds is 4. The van der Waals surface area contributed by atoms with Gasteiger partial charge in [-0.1, -0.05) is 18.2 Å². The highest BCUT2D eigenvalue weighted by Gasteiger charge is 2.50. The quantitative estimate of drug-likeness (QED) is 0.619. The topological polar surface area (TPSA) is 98.6 Å². The van der Waals surface area contributed by atoms with Gasteiger partial charge in [0.25, 0.3) is 11.8 Å². The SMILES string of the molecule is C=CC(C)N1C(=O)C(C(C)=O)C(=O)N(c2ccccc2C#N)C1=O. The standard InChI is InChI=1S/C17H15N3O4/c1-4-10(2)19-15(22)14(11(3)21)16(23)20(17(19)24)13-8-6-5-7-12(13)9-18/h4-8,10,14H,1H2,2-3H3. The second-order valence-electron chi connectivity index (χ2n) is 5.31. The lowest BCUT2D eigenvalue weighted by atomic mass is 9.97. The lowest BCUT2D eigenvalue weighted by molar-refractivity contribution is -0.146. The van der Waals surface area contributed by atoms with Crippen molar-refractivity contribution in [1.29, 1.82) is 5.26 Å². The van der Waals surface area contributed by atoms with Gasteiger partial charge in [-0.25, -0.2) is 9.69 Å². The lowest BCUT2D eigenvalue weighted by Gasteiger charge is -2.38. The summed E-state index contributed by atoms with van der Waals surface area (Å²) in [5.74, 6) is -4.11. The van der Waals surface area contributed by atoms with Gasteiger partial charge in [0.1, 0.15) is 6.07 Å². The fourth-order valence-corrected chi connectivity index (χ4v) is 2.48. The second kappa shape index (κ2) is 6.46. The fourth-order valence-electron chi connectivity index (χ4n) is 2.48. The van der Waals surface area contributed by atoms with E-state index in [1.807, 2.05) is 6.07 Å². The van der Waals surface area contributed by atoms with Gasteiger partial charge in [0.2, 0.25) is 0 Å².